The number of benzene rings is 1. The minimum Gasteiger partial charge on any atom is -0.321 e. The van der Waals surface area contributed by atoms with Crippen LogP contribution in [0.4, 0.5) is 0 Å². The Balaban J connectivity index is 1.89. The first-order chi connectivity index (χ1) is 9.55. The van der Waals surface area contributed by atoms with Crippen molar-refractivity contribution in [3.63, 3.8) is 0 Å². The molecule has 3 nitrogen and oxygen atoms in total. The first-order valence-corrected chi connectivity index (χ1v) is 7.78. The largest absolute Gasteiger partial charge is 0.321 e. The minimum atomic E-state index is -0.277. The van der Waals surface area contributed by atoms with E-state index in [1.807, 2.05) is 29.2 Å². The lowest BCUT2D eigenvalue weighted by molar-refractivity contribution is -0.131. The van der Waals surface area contributed by atoms with Gasteiger partial charge in [0.25, 0.3) is 0 Å². The molecule has 2 atom stereocenters. The van der Waals surface area contributed by atoms with E-state index >= 15 is 0 Å². The van der Waals surface area contributed by atoms with Crippen molar-refractivity contribution in [2.45, 2.75) is 44.8 Å². The fourth-order valence-corrected chi connectivity index (χ4v) is 3.07. The Morgan fingerprint density at radius 2 is 2.25 bits per heavy atom. The van der Waals surface area contributed by atoms with Crippen molar-refractivity contribution in [1.82, 2.24) is 10.2 Å². The molecular weight excluding hydrogens is 272 g/mol. The molecule has 20 heavy (non-hydrogen) atoms. The van der Waals surface area contributed by atoms with Crippen molar-refractivity contribution in [2.24, 2.45) is 5.92 Å². The van der Waals surface area contributed by atoms with Crippen molar-refractivity contribution in [3.05, 3.63) is 34.9 Å². The average molecular weight is 293 g/mol. The Morgan fingerprint density at radius 3 is 2.85 bits per heavy atom. The summed E-state index contributed by atoms with van der Waals surface area (Å²) in [5.74, 6) is 0.777. The third-order valence-electron chi connectivity index (χ3n) is 4.51. The van der Waals surface area contributed by atoms with Crippen LogP contribution >= 0.6 is 11.6 Å². The van der Waals surface area contributed by atoms with E-state index in [0.29, 0.717) is 5.92 Å². The van der Waals surface area contributed by atoms with Crippen molar-refractivity contribution in [3.8, 4) is 0 Å². The molecule has 2 aliphatic rings. The topological polar surface area (TPSA) is 32.3 Å². The zero-order valence-electron chi connectivity index (χ0n) is 12.0. The van der Waals surface area contributed by atoms with Crippen LogP contribution in [0, 0.1) is 5.92 Å². The van der Waals surface area contributed by atoms with E-state index in [9.17, 15) is 4.79 Å². The second-order valence-corrected chi connectivity index (χ2v) is 6.59. The van der Waals surface area contributed by atoms with E-state index in [-0.39, 0.29) is 17.6 Å². The van der Waals surface area contributed by atoms with Gasteiger partial charge in [-0.05, 0) is 36.5 Å². The van der Waals surface area contributed by atoms with Gasteiger partial charge in [-0.3, -0.25) is 10.1 Å². The summed E-state index contributed by atoms with van der Waals surface area (Å²) in [7, 11) is 0. The number of rotatable bonds is 4. The number of hydrogen-bond donors (Lipinski definition) is 1. The van der Waals surface area contributed by atoms with E-state index in [0.717, 1.165) is 36.4 Å². The van der Waals surface area contributed by atoms with Crippen LogP contribution in [0.3, 0.4) is 0 Å². The predicted octanol–water partition coefficient (Wildman–Crippen LogP) is 3.35. The van der Waals surface area contributed by atoms with E-state index in [1.165, 1.54) is 0 Å². The molecule has 1 spiro atoms. The summed E-state index contributed by atoms with van der Waals surface area (Å²) >= 11 is 6.10. The summed E-state index contributed by atoms with van der Waals surface area (Å²) in [6, 6.07) is 7.82. The van der Waals surface area contributed by atoms with Crippen molar-refractivity contribution < 1.29 is 4.79 Å². The zero-order valence-corrected chi connectivity index (χ0v) is 12.8. The fourth-order valence-electron chi connectivity index (χ4n) is 2.87. The minimum absolute atomic E-state index is 0.0299. The molecule has 108 valence electrons. The van der Waals surface area contributed by atoms with Gasteiger partial charge in [-0.1, -0.05) is 44.0 Å². The Kier molecular flexibility index (Phi) is 3.51. The third kappa shape index (κ3) is 2.33. The van der Waals surface area contributed by atoms with Gasteiger partial charge in [-0.2, -0.15) is 0 Å². The van der Waals surface area contributed by atoms with Crippen LogP contribution in [0.15, 0.2) is 24.3 Å². The lowest BCUT2D eigenvalue weighted by atomic mass is 10.1. The molecule has 2 fully saturated rings. The first-order valence-electron chi connectivity index (χ1n) is 7.40. The summed E-state index contributed by atoms with van der Waals surface area (Å²) in [6.07, 6.45) is 2.97. The van der Waals surface area contributed by atoms with Gasteiger partial charge < -0.3 is 4.90 Å². The summed E-state index contributed by atoms with van der Waals surface area (Å²) in [4.78, 5) is 14.6. The van der Waals surface area contributed by atoms with Gasteiger partial charge in [-0.15, -0.1) is 0 Å². The fraction of sp³-hybridized carbons (Fsp3) is 0.562. The number of halogens is 1. The Morgan fingerprint density at radius 1 is 1.50 bits per heavy atom. The molecule has 1 amide bonds. The molecule has 1 saturated carbocycles. The second-order valence-electron chi connectivity index (χ2n) is 6.15. The number of carbonyl (C=O) groups excluding carboxylic acids is 1. The van der Waals surface area contributed by atoms with Gasteiger partial charge in [0.15, 0.2) is 0 Å². The van der Waals surface area contributed by atoms with Crippen molar-refractivity contribution in [1.29, 1.82) is 0 Å². The van der Waals surface area contributed by atoms with E-state index in [2.05, 4.69) is 19.2 Å². The highest BCUT2D eigenvalue weighted by molar-refractivity contribution is 6.30. The van der Waals surface area contributed by atoms with E-state index in [4.69, 9.17) is 11.6 Å². The highest BCUT2D eigenvalue weighted by Crippen LogP contribution is 2.46. The van der Waals surface area contributed by atoms with Crippen LogP contribution in [0.2, 0.25) is 5.02 Å². The molecule has 4 heteroatoms. The second kappa shape index (κ2) is 5.05. The van der Waals surface area contributed by atoms with Crippen LogP contribution in [0.5, 0.6) is 0 Å². The molecule has 3 rings (SSSR count). The number of carbonyl (C=O) groups is 1. The Hall–Kier alpha value is -1.06. The number of nitrogens with zero attached hydrogens (tertiary/aromatic N) is 1. The molecule has 0 bridgehead atoms. The molecule has 1 aromatic rings. The normalized spacial score (nSPS) is 25.2. The standard InChI is InChI=1S/C16H21ClN2O/c1-3-11(2)10-19-14(12-5-4-6-13(17)9-12)18-16(7-8-16)15(19)20/h4-6,9,11,14,18H,3,7-8,10H2,1-2H3. The average Bonchev–Trinajstić information content (AvgIpc) is 3.17. The van der Waals surface area contributed by atoms with Gasteiger partial charge in [0.05, 0.1) is 0 Å². The molecular formula is C16H21ClN2O. The van der Waals surface area contributed by atoms with Gasteiger partial charge in [0.2, 0.25) is 5.91 Å². The van der Waals surface area contributed by atoms with E-state index in [1.54, 1.807) is 0 Å². The maximum atomic E-state index is 12.6. The molecule has 1 aromatic carbocycles. The van der Waals surface area contributed by atoms with Gasteiger partial charge in [-0.25, -0.2) is 0 Å². The quantitative estimate of drug-likeness (QED) is 0.923. The molecule has 1 aliphatic heterocycles. The summed E-state index contributed by atoms with van der Waals surface area (Å²) in [5, 5.41) is 4.25. The Bertz CT molecular complexity index is 527. The Labute approximate surface area is 125 Å². The molecule has 1 heterocycles. The first kappa shape index (κ1) is 13.9. The van der Waals surface area contributed by atoms with Crippen LogP contribution in [0.25, 0.3) is 0 Å². The van der Waals surface area contributed by atoms with Crippen LogP contribution in [-0.2, 0) is 4.79 Å². The maximum absolute atomic E-state index is 12.6. The van der Waals surface area contributed by atoms with Crippen molar-refractivity contribution in [2.75, 3.05) is 6.54 Å². The molecule has 1 aliphatic carbocycles. The van der Waals surface area contributed by atoms with Crippen LogP contribution in [0.1, 0.15) is 44.8 Å². The van der Waals surface area contributed by atoms with Crippen LogP contribution < -0.4 is 5.32 Å². The smallest absolute Gasteiger partial charge is 0.244 e. The highest BCUT2D eigenvalue weighted by Gasteiger charge is 2.59. The molecule has 1 saturated heterocycles. The number of hydrogen-bond acceptors (Lipinski definition) is 2. The van der Waals surface area contributed by atoms with Gasteiger partial charge in [0, 0.05) is 11.6 Å². The lowest BCUT2D eigenvalue weighted by Crippen LogP contribution is -2.35. The van der Waals surface area contributed by atoms with Crippen LogP contribution in [-0.4, -0.2) is 22.9 Å². The lowest BCUT2D eigenvalue weighted by Gasteiger charge is -2.27. The molecule has 1 N–H and O–H groups in total. The van der Waals surface area contributed by atoms with Gasteiger partial charge >= 0.3 is 0 Å². The summed E-state index contributed by atoms with van der Waals surface area (Å²) in [5.41, 5.74) is 0.804. The predicted molar refractivity (Wildman–Crippen MR) is 80.5 cm³/mol. The summed E-state index contributed by atoms with van der Waals surface area (Å²) < 4.78 is 0. The maximum Gasteiger partial charge on any atom is 0.244 e. The monoisotopic (exact) mass is 292 g/mol. The number of amides is 1. The molecule has 0 aromatic heterocycles. The third-order valence-corrected chi connectivity index (χ3v) is 4.75. The molecule has 2 unspecified atom stereocenters. The SMILES string of the molecule is CCC(C)CN1C(=O)C2(CC2)NC1c1cccc(Cl)c1. The summed E-state index contributed by atoms with van der Waals surface area (Å²) in [6.45, 7) is 5.17. The molecule has 0 radical (unpaired) electrons. The van der Waals surface area contributed by atoms with E-state index < -0.39 is 0 Å². The van der Waals surface area contributed by atoms with Crippen molar-refractivity contribution >= 4 is 17.5 Å². The highest BCUT2D eigenvalue weighted by atomic mass is 35.5. The zero-order chi connectivity index (χ0) is 14.3. The van der Waals surface area contributed by atoms with Gasteiger partial charge in [0.1, 0.15) is 11.7 Å². The number of nitrogens with one attached hydrogen (secondary N) is 1.